The van der Waals surface area contributed by atoms with Crippen LogP contribution in [0.1, 0.15) is 27.8 Å². The van der Waals surface area contributed by atoms with Crippen LogP contribution in [0.2, 0.25) is 0 Å². The molecular formula is C23H18F6. The van der Waals surface area contributed by atoms with Crippen molar-refractivity contribution in [1.29, 1.82) is 0 Å². The van der Waals surface area contributed by atoms with Crippen molar-refractivity contribution in [2.45, 2.75) is 33.1 Å². The van der Waals surface area contributed by atoms with Crippen molar-refractivity contribution >= 4 is 0 Å². The Kier molecular flexibility index (Phi) is 5.24. The maximum absolute atomic E-state index is 13.2. The van der Waals surface area contributed by atoms with E-state index < -0.39 is 23.5 Å². The summed E-state index contributed by atoms with van der Waals surface area (Å²) in [5.74, 6) is 0. The average molecular weight is 408 g/mol. The molecule has 0 saturated heterocycles. The van der Waals surface area contributed by atoms with Crippen LogP contribution in [0.3, 0.4) is 0 Å². The quantitative estimate of drug-likeness (QED) is 0.377. The number of halogens is 6. The molecule has 0 amide bonds. The smallest absolute Gasteiger partial charge is 0.166 e. The molecule has 0 atom stereocenters. The van der Waals surface area contributed by atoms with Crippen molar-refractivity contribution in [3.63, 3.8) is 0 Å². The summed E-state index contributed by atoms with van der Waals surface area (Å²) in [6, 6.07) is 12.6. The molecule has 0 aliphatic rings. The molecule has 3 rings (SSSR count). The van der Waals surface area contributed by atoms with E-state index in [0.29, 0.717) is 33.4 Å². The summed E-state index contributed by atoms with van der Waals surface area (Å²) in [5.41, 5.74) is 1.89. The van der Waals surface area contributed by atoms with Crippen molar-refractivity contribution < 1.29 is 26.3 Å². The normalized spacial score (nSPS) is 12.3. The maximum atomic E-state index is 13.2. The molecule has 0 nitrogen and oxygen atoms in total. The highest BCUT2D eigenvalue weighted by atomic mass is 19.4. The minimum absolute atomic E-state index is 0.367. The molecule has 0 aliphatic carbocycles. The Morgan fingerprint density at radius 3 is 1.00 bits per heavy atom. The van der Waals surface area contributed by atoms with Gasteiger partial charge >= 0.3 is 12.4 Å². The van der Waals surface area contributed by atoms with Crippen molar-refractivity contribution in [3.05, 3.63) is 82.4 Å². The summed E-state index contributed by atoms with van der Waals surface area (Å²) < 4.78 is 79.1. The molecule has 29 heavy (non-hydrogen) atoms. The zero-order valence-corrected chi connectivity index (χ0v) is 16.0. The number of hydrogen-bond acceptors (Lipinski definition) is 0. The number of hydrogen-bond donors (Lipinski definition) is 0. The molecule has 0 unspecified atom stereocenters. The number of aryl methyl sites for hydroxylation is 3. The van der Waals surface area contributed by atoms with Gasteiger partial charge in [-0.25, -0.2) is 0 Å². The summed E-state index contributed by atoms with van der Waals surface area (Å²) in [6.07, 6.45) is -8.96. The minimum Gasteiger partial charge on any atom is -0.166 e. The number of rotatable bonds is 2. The van der Waals surface area contributed by atoms with Gasteiger partial charge in [-0.05, 0) is 90.0 Å². The van der Waals surface area contributed by atoms with Crippen LogP contribution in [0.25, 0.3) is 22.3 Å². The molecule has 0 saturated carbocycles. The van der Waals surface area contributed by atoms with Gasteiger partial charge in [0.1, 0.15) is 0 Å². The Morgan fingerprint density at radius 1 is 0.414 bits per heavy atom. The zero-order chi connectivity index (χ0) is 21.6. The molecule has 0 N–H and O–H groups in total. The van der Waals surface area contributed by atoms with E-state index in [9.17, 15) is 26.3 Å². The van der Waals surface area contributed by atoms with Crippen LogP contribution in [-0.4, -0.2) is 0 Å². The van der Waals surface area contributed by atoms with Crippen molar-refractivity contribution in [2.75, 3.05) is 0 Å². The van der Waals surface area contributed by atoms with E-state index in [-0.39, 0.29) is 0 Å². The third kappa shape index (κ3) is 4.81. The van der Waals surface area contributed by atoms with E-state index in [0.717, 1.165) is 29.8 Å². The van der Waals surface area contributed by atoms with Gasteiger partial charge in [-0.15, -0.1) is 0 Å². The number of benzene rings is 3. The van der Waals surface area contributed by atoms with Gasteiger partial charge in [0.25, 0.3) is 0 Å². The minimum atomic E-state index is -4.48. The van der Waals surface area contributed by atoms with Crippen molar-refractivity contribution in [3.8, 4) is 22.3 Å². The average Bonchev–Trinajstić information content (AvgIpc) is 2.58. The predicted molar refractivity (Wildman–Crippen MR) is 102 cm³/mol. The first-order valence-electron chi connectivity index (χ1n) is 8.83. The van der Waals surface area contributed by atoms with Crippen molar-refractivity contribution in [1.82, 2.24) is 0 Å². The second-order valence-electron chi connectivity index (χ2n) is 7.26. The SMILES string of the molecule is Cc1cc(-c2cc(C)cc(C(F)(F)F)c2)cc(-c2cc(C)cc(C(F)(F)F)c2)c1. The van der Waals surface area contributed by atoms with Crippen LogP contribution in [0.4, 0.5) is 26.3 Å². The van der Waals surface area contributed by atoms with E-state index in [1.807, 2.05) is 0 Å². The van der Waals surface area contributed by atoms with E-state index in [1.165, 1.54) is 0 Å². The molecule has 0 heterocycles. The first kappa shape index (κ1) is 21.0. The Labute approximate surface area is 164 Å². The molecule has 152 valence electrons. The lowest BCUT2D eigenvalue weighted by molar-refractivity contribution is -0.138. The molecule has 0 bridgehead atoms. The van der Waals surface area contributed by atoms with Gasteiger partial charge in [-0.2, -0.15) is 26.3 Å². The fraction of sp³-hybridized carbons (Fsp3) is 0.217. The van der Waals surface area contributed by atoms with Crippen LogP contribution < -0.4 is 0 Å². The van der Waals surface area contributed by atoms with Crippen LogP contribution in [0.5, 0.6) is 0 Å². The Hall–Kier alpha value is -2.76. The highest BCUT2D eigenvalue weighted by molar-refractivity contribution is 5.75. The molecule has 6 heteroatoms. The summed E-state index contributed by atoms with van der Waals surface area (Å²) >= 11 is 0. The molecule has 0 aromatic heterocycles. The second kappa shape index (κ2) is 7.25. The van der Waals surface area contributed by atoms with Gasteiger partial charge in [0.05, 0.1) is 11.1 Å². The highest BCUT2D eigenvalue weighted by Crippen LogP contribution is 2.37. The molecule has 0 radical (unpaired) electrons. The van der Waals surface area contributed by atoms with E-state index >= 15 is 0 Å². The van der Waals surface area contributed by atoms with Crippen LogP contribution in [-0.2, 0) is 12.4 Å². The van der Waals surface area contributed by atoms with Gasteiger partial charge in [0.15, 0.2) is 0 Å². The third-order valence-corrected chi connectivity index (χ3v) is 4.55. The van der Waals surface area contributed by atoms with Gasteiger partial charge in [-0.1, -0.05) is 24.3 Å². The van der Waals surface area contributed by atoms with Crippen LogP contribution in [0.15, 0.2) is 54.6 Å². The molecule has 0 aliphatic heterocycles. The van der Waals surface area contributed by atoms with Crippen LogP contribution >= 0.6 is 0 Å². The first-order valence-corrected chi connectivity index (χ1v) is 8.83. The van der Waals surface area contributed by atoms with E-state index in [1.54, 1.807) is 51.1 Å². The topological polar surface area (TPSA) is 0 Å². The lowest BCUT2D eigenvalue weighted by Crippen LogP contribution is -2.05. The first-order chi connectivity index (χ1) is 13.3. The van der Waals surface area contributed by atoms with E-state index in [2.05, 4.69) is 0 Å². The fourth-order valence-electron chi connectivity index (χ4n) is 3.34. The van der Waals surface area contributed by atoms with Gasteiger partial charge in [0.2, 0.25) is 0 Å². The lowest BCUT2D eigenvalue weighted by atomic mass is 9.93. The zero-order valence-electron chi connectivity index (χ0n) is 16.0. The maximum Gasteiger partial charge on any atom is 0.416 e. The molecule has 0 spiro atoms. The Balaban J connectivity index is 2.16. The number of alkyl halides is 6. The van der Waals surface area contributed by atoms with E-state index in [4.69, 9.17) is 0 Å². The molecule has 3 aromatic rings. The van der Waals surface area contributed by atoms with Gasteiger partial charge < -0.3 is 0 Å². The Morgan fingerprint density at radius 2 is 0.690 bits per heavy atom. The fourth-order valence-corrected chi connectivity index (χ4v) is 3.34. The summed E-state index contributed by atoms with van der Waals surface area (Å²) in [5, 5.41) is 0. The summed E-state index contributed by atoms with van der Waals surface area (Å²) in [7, 11) is 0. The van der Waals surface area contributed by atoms with Gasteiger partial charge in [0, 0.05) is 0 Å². The monoisotopic (exact) mass is 408 g/mol. The molecule has 0 fully saturated rings. The highest BCUT2D eigenvalue weighted by Gasteiger charge is 2.32. The molecular weight excluding hydrogens is 390 g/mol. The third-order valence-electron chi connectivity index (χ3n) is 4.55. The van der Waals surface area contributed by atoms with Crippen molar-refractivity contribution in [2.24, 2.45) is 0 Å². The summed E-state index contributed by atoms with van der Waals surface area (Å²) in [4.78, 5) is 0. The largest absolute Gasteiger partial charge is 0.416 e. The predicted octanol–water partition coefficient (Wildman–Crippen LogP) is 7.98. The standard InChI is InChI=1S/C23H18F6/c1-13-4-16(18-6-14(2)8-20(11-18)22(24,25)26)10-17(5-13)19-7-15(3)9-21(12-19)23(27,28)29/h4-12H,1-3H3. The van der Waals surface area contributed by atoms with Crippen LogP contribution in [0, 0.1) is 20.8 Å². The summed E-state index contributed by atoms with van der Waals surface area (Å²) in [6.45, 7) is 4.91. The van der Waals surface area contributed by atoms with Gasteiger partial charge in [-0.3, -0.25) is 0 Å². The lowest BCUT2D eigenvalue weighted by Gasteiger charge is -2.14. The Bertz CT molecular complexity index is 976. The molecule has 3 aromatic carbocycles. The second-order valence-corrected chi connectivity index (χ2v) is 7.26.